The second kappa shape index (κ2) is 8.04. The Balaban J connectivity index is 1.65. The van der Waals surface area contributed by atoms with Gasteiger partial charge >= 0.3 is 0 Å². The maximum atomic E-state index is 13.1. The van der Waals surface area contributed by atoms with Gasteiger partial charge in [-0.2, -0.15) is 0 Å². The summed E-state index contributed by atoms with van der Waals surface area (Å²) in [5.41, 5.74) is 3.28. The van der Waals surface area contributed by atoms with E-state index in [-0.39, 0.29) is 6.04 Å². The van der Waals surface area contributed by atoms with Crippen LogP contribution in [0.1, 0.15) is 18.4 Å². The van der Waals surface area contributed by atoms with Crippen molar-refractivity contribution in [1.29, 1.82) is 0 Å². The van der Waals surface area contributed by atoms with Crippen molar-refractivity contribution in [3.63, 3.8) is 0 Å². The number of fused-ring (bicyclic) bond motifs is 1. The minimum absolute atomic E-state index is 0.168. The third kappa shape index (κ3) is 4.38. The average Bonchev–Trinajstić information content (AvgIpc) is 2.73. The van der Waals surface area contributed by atoms with Gasteiger partial charge in [-0.1, -0.05) is 0 Å². The quantitative estimate of drug-likeness (QED) is 0.690. The van der Waals surface area contributed by atoms with E-state index in [2.05, 4.69) is 15.3 Å². The van der Waals surface area contributed by atoms with E-state index in [1.165, 1.54) is 16.8 Å². The Bertz CT molecular complexity index is 1130. The van der Waals surface area contributed by atoms with Crippen molar-refractivity contribution < 1.29 is 12.8 Å². The number of benzene rings is 1. The van der Waals surface area contributed by atoms with E-state index in [0.717, 1.165) is 40.4 Å². The van der Waals surface area contributed by atoms with E-state index in [0.29, 0.717) is 18.7 Å². The fourth-order valence-electron chi connectivity index (χ4n) is 3.75. The van der Waals surface area contributed by atoms with E-state index in [4.69, 9.17) is 0 Å². The van der Waals surface area contributed by atoms with E-state index in [1.54, 1.807) is 12.4 Å². The molecule has 3 aromatic rings. The second-order valence-electron chi connectivity index (χ2n) is 7.42. The Morgan fingerprint density at radius 1 is 1.10 bits per heavy atom. The van der Waals surface area contributed by atoms with Gasteiger partial charge in [-0.25, -0.2) is 17.1 Å². The van der Waals surface area contributed by atoms with Crippen LogP contribution in [0.15, 0.2) is 49.1 Å². The van der Waals surface area contributed by atoms with Crippen molar-refractivity contribution in [3.8, 4) is 11.1 Å². The number of hydrogen-bond donors (Lipinski definition) is 1. The lowest BCUT2D eigenvalue weighted by Gasteiger charge is -2.31. The van der Waals surface area contributed by atoms with Crippen LogP contribution in [0.25, 0.3) is 21.9 Å². The maximum Gasteiger partial charge on any atom is 0.211 e. The molecule has 1 aromatic carbocycles. The fraction of sp³-hybridized carbons (Fsp3) is 0.333. The van der Waals surface area contributed by atoms with Gasteiger partial charge in [0.1, 0.15) is 6.67 Å². The van der Waals surface area contributed by atoms with Crippen molar-refractivity contribution >= 4 is 26.5 Å². The van der Waals surface area contributed by atoms with E-state index in [1.807, 2.05) is 30.5 Å². The Morgan fingerprint density at radius 3 is 2.62 bits per heavy atom. The van der Waals surface area contributed by atoms with Gasteiger partial charge in [-0.15, -0.1) is 0 Å². The molecule has 0 unspecified atom stereocenters. The lowest BCUT2D eigenvalue weighted by Crippen LogP contribution is -2.41. The number of sulfonamides is 1. The summed E-state index contributed by atoms with van der Waals surface area (Å²) in [4.78, 5) is 8.40. The molecule has 3 heterocycles. The van der Waals surface area contributed by atoms with E-state index < -0.39 is 16.7 Å². The van der Waals surface area contributed by atoms with Gasteiger partial charge in [0.15, 0.2) is 0 Å². The van der Waals surface area contributed by atoms with Crippen LogP contribution in [0.3, 0.4) is 0 Å². The van der Waals surface area contributed by atoms with Gasteiger partial charge in [-0.05, 0) is 48.1 Å². The van der Waals surface area contributed by atoms with Crippen molar-refractivity contribution in [3.05, 3.63) is 54.6 Å². The Morgan fingerprint density at radius 2 is 1.90 bits per heavy atom. The van der Waals surface area contributed by atoms with E-state index in [9.17, 15) is 12.8 Å². The minimum atomic E-state index is -3.15. The number of aromatic nitrogens is 2. The predicted molar refractivity (Wildman–Crippen MR) is 113 cm³/mol. The molecule has 0 bridgehead atoms. The largest absolute Gasteiger partial charge is 0.382 e. The van der Waals surface area contributed by atoms with Crippen LogP contribution in [0.2, 0.25) is 0 Å². The number of pyridine rings is 2. The average molecular weight is 415 g/mol. The number of nitrogens with zero attached hydrogens (tertiary/aromatic N) is 3. The summed E-state index contributed by atoms with van der Waals surface area (Å²) in [6.45, 7) is 0.464. The summed E-state index contributed by atoms with van der Waals surface area (Å²) in [7, 11) is -3.15. The zero-order valence-corrected chi connectivity index (χ0v) is 17.0. The molecule has 8 heteroatoms. The fourth-order valence-corrected chi connectivity index (χ4v) is 4.63. The summed E-state index contributed by atoms with van der Waals surface area (Å²) in [5.74, 6) is 0. The number of halogens is 1. The molecule has 4 rings (SSSR count). The van der Waals surface area contributed by atoms with E-state index >= 15 is 0 Å². The van der Waals surface area contributed by atoms with Crippen molar-refractivity contribution in [2.24, 2.45) is 0 Å². The standard InChI is InChI=1S/C21H23FN4O2S/c1-29(27,28)26-6-3-19(4-7-26)25-21-10-17(9-16-2-5-23-14-20(16)21)18-8-15(11-22)12-24-13-18/h2,5,8-10,12-14,19,25H,3-4,6-7,11H2,1H3. The highest BCUT2D eigenvalue weighted by molar-refractivity contribution is 7.88. The Labute approximate surface area is 169 Å². The van der Waals surface area contributed by atoms with Gasteiger partial charge in [0.25, 0.3) is 0 Å². The number of nitrogens with one attached hydrogen (secondary N) is 1. The molecule has 1 aliphatic rings. The summed E-state index contributed by atoms with van der Waals surface area (Å²) in [6.07, 6.45) is 9.55. The molecule has 29 heavy (non-hydrogen) atoms. The van der Waals surface area contributed by atoms with Crippen LogP contribution >= 0.6 is 0 Å². The van der Waals surface area contributed by atoms with Gasteiger partial charge in [0.2, 0.25) is 10.0 Å². The monoisotopic (exact) mass is 414 g/mol. The van der Waals surface area contributed by atoms with Crippen molar-refractivity contribution in [1.82, 2.24) is 14.3 Å². The number of anilines is 1. The van der Waals surface area contributed by atoms with Crippen molar-refractivity contribution in [2.75, 3.05) is 24.7 Å². The van der Waals surface area contributed by atoms with Crippen LogP contribution in [-0.4, -0.2) is 48.1 Å². The lowest BCUT2D eigenvalue weighted by atomic mass is 9.99. The third-order valence-corrected chi connectivity index (χ3v) is 6.62. The number of piperidine rings is 1. The SMILES string of the molecule is CS(=O)(=O)N1CCC(Nc2cc(-c3cncc(CF)c3)cc3ccncc23)CC1. The minimum Gasteiger partial charge on any atom is -0.382 e. The zero-order valence-electron chi connectivity index (χ0n) is 16.2. The Kier molecular flexibility index (Phi) is 5.47. The van der Waals surface area contributed by atoms with Gasteiger partial charge < -0.3 is 5.32 Å². The molecule has 0 saturated carbocycles. The first kappa shape index (κ1) is 19.7. The molecule has 0 radical (unpaired) electrons. The van der Waals surface area contributed by atoms with Crippen LogP contribution in [0.4, 0.5) is 10.1 Å². The number of hydrogen-bond acceptors (Lipinski definition) is 5. The van der Waals surface area contributed by atoms with Crippen LogP contribution < -0.4 is 5.32 Å². The molecule has 1 N–H and O–H groups in total. The third-order valence-electron chi connectivity index (χ3n) is 5.32. The topological polar surface area (TPSA) is 75.2 Å². The first-order valence-corrected chi connectivity index (χ1v) is 11.4. The second-order valence-corrected chi connectivity index (χ2v) is 9.40. The number of alkyl halides is 1. The Hall–Kier alpha value is -2.58. The molecular formula is C21H23FN4O2S. The molecule has 6 nitrogen and oxygen atoms in total. The van der Waals surface area contributed by atoms with Crippen LogP contribution in [-0.2, 0) is 16.7 Å². The molecule has 1 aliphatic heterocycles. The molecule has 1 fully saturated rings. The van der Waals surface area contributed by atoms with Crippen LogP contribution in [0.5, 0.6) is 0 Å². The highest BCUT2D eigenvalue weighted by Crippen LogP contribution is 2.32. The summed E-state index contributed by atoms with van der Waals surface area (Å²) >= 11 is 0. The highest BCUT2D eigenvalue weighted by Gasteiger charge is 2.25. The van der Waals surface area contributed by atoms with Crippen LogP contribution in [0, 0.1) is 0 Å². The lowest BCUT2D eigenvalue weighted by molar-refractivity contribution is 0.332. The predicted octanol–water partition coefficient (Wildman–Crippen LogP) is 3.60. The molecule has 0 atom stereocenters. The smallest absolute Gasteiger partial charge is 0.211 e. The summed E-state index contributed by atoms with van der Waals surface area (Å²) in [6, 6.07) is 8.01. The summed E-state index contributed by atoms with van der Waals surface area (Å²) < 4.78 is 38.1. The molecule has 0 amide bonds. The van der Waals surface area contributed by atoms with Gasteiger partial charge in [0, 0.05) is 66.1 Å². The number of rotatable bonds is 5. The normalized spacial score (nSPS) is 16.2. The molecule has 2 aromatic heterocycles. The van der Waals surface area contributed by atoms with Crippen molar-refractivity contribution in [2.45, 2.75) is 25.6 Å². The molecule has 0 spiro atoms. The zero-order chi connectivity index (χ0) is 20.4. The molecular weight excluding hydrogens is 391 g/mol. The van der Waals surface area contributed by atoms with Gasteiger partial charge in [0.05, 0.1) is 6.26 Å². The maximum absolute atomic E-state index is 13.1. The summed E-state index contributed by atoms with van der Waals surface area (Å²) in [5, 5.41) is 5.60. The molecule has 152 valence electrons. The molecule has 1 saturated heterocycles. The first-order chi connectivity index (χ1) is 13.9. The molecule has 0 aliphatic carbocycles. The first-order valence-electron chi connectivity index (χ1n) is 9.54. The highest BCUT2D eigenvalue weighted by atomic mass is 32.2. The van der Waals surface area contributed by atoms with Gasteiger partial charge in [-0.3, -0.25) is 9.97 Å².